The van der Waals surface area contributed by atoms with Crippen molar-refractivity contribution in [3.05, 3.63) is 29.8 Å². The Kier molecular flexibility index (Phi) is 5.20. The molecule has 0 bridgehead atoms. The Morgan fingerprint density at radius 1 is 1.32 bits per heavy atom. The molecule has 0 radical (unpaired) electrons. The van der Waals surface area contributed by atoms with Crippen LogP contribution in [0.25, 0.3) is 0 Å². The average Bonchev–Trinajstić information content (AvgIpc) is 2.28. The number of anilines is 1. The summed E-state index contributed by atoms with van der Waals surface area (Å²) in [5.41, 5.74) is -0.166. The highest BCUT2D eigenvalue weighted by molar-refractivity contribution is 5.70. The van der Waals surface area contributed by atoms with Crippen LogP contribution in [0.15, 0.2) is 24.3 Å². The number of carbonyl (C=O) groups excluding carboxylic acids is 1. The summed E-state index contributed by atoms with van der Waals surface area (Å²) in [6, 6.07) is 4.46. The summed E-state index contributed by atoms with van der Waals surface area (Å²) in [6.07, 6.45) is -4.18. The first-order valence-corrected chi connectivity index (χ1v) is 5.92. The molecule has 0 aliphatic carbocycles. The number of nitrogens with one attached hydrogen (secondary N) is 1. The molecule has 0 amide bonds. The van der Waals surface area contributed by atoms with Gasteiger partial charge in [-0.05, 0) is 38.1 Å². The first-order valence-electron chi connectivity index (χ1n) is 5.92. The molecule has 6 heteroatoms. The van der Waals surface area contributed by atoms with Crippen molar-refractivity contribution in [3.8, 4) is 0 Å². The van der Waals surface area contributed by atoms with Crippen molar-refractivity contribution >= 4 is 11.7 Å². The monoisotopic (exact) mass is 275 g/mol. The Balaban J connectivity index is 2.56. The second kappa shape index (κ2) is 6.45. The van der Waals surface area contributed by atoms with Crippen molar-refractivity contribution in [2.45, 2.75) is 32.5 Å². The zero-order valence-corrected chi connectivity index (χ0v) is 10.8. The molecule has 1 atom stereocenters. The van der Waals surface area contributed by atoms with Crippen molar-refractivity contribution < 1.29 is 22.7 Å². The molecule has 1 aromatic rings. The van der Waals surface area contributed by atoms with Crippen molar-refractivity contribution in [1.29, 1.82) is 0 Å². The molecule has 1 N–H and O–H groups in total. The van der Waals surface area contributed by atoms with Crippen molar-refractivity contribution in [2.24, 2.45) is 0 Å². The molecule has 0 aliphatic rings. The highest BCUT2D eigenvalue weighted by atomic mass is 19.4. The molecule has 0 heterocycles. The first kappa shape index (κ1) is 15.3. The fraction of sp³-hybridized carbons (Fsp3) is 0.462. The first-order chi connectivity index (χ1) is 8.82. The number of alkyl halides is 3. The Morgan fingerprint density at radius 2 is 1.89 bits per heavy atom. The Hall–Kier alpha value is -1.72. The second-order valence-electron chi connectivity index (χ2n) is 4.13. The molecule has 0 saturated heterocycles. The maximum atomic E-state index is 12.4. The molecule has 3 nitrogen and oxygen atoms in total. The van der Waals surface area contributed by atoms with E-state index < -0.39 is 11.7 Å². The van der Waals surface area contributed by atoms with Crippen LogP contribution < -0.4 is 5.32 Å². The predicted molar refractivity (Wildman–Crippen MR) is 65.8 cm³/mol. The number of halogens is 3. The normalized spacial score (nSPS) is 12.9. The van der Waals surface area contributed by atoms with E-state index in [0.29, 0.717) is 12.3 Å². The number of carbonyl (C=O) groups is 1. The molecular formula is C13H16F3NO2. The predicted octanol–water partition coefficient (Wildman–Crippen LogP) is 3.46. The Morgan fingerprint density at radius 3 is 2.37 bits per heavy atom. The fourth-order valence-corrected chi connectivity index (χ4v) is 1.56. The van der Waals surface area contributed by atoms with E-state index in [1.165, 1.54) is 12.1 Å². The smallest absolute Gasteiger partial charge is 0.416 e. The average molecular weight is 275 g/mol. The maximum absolute atomic E-state index is 12.4. The van der Waals surface area contributed by atoms with E-state index in [-0.39, 0.29) is 18.4 Å². The minimum atomic E-state index is -4.34. The lowest BCUT2D eigenvalue weighted by Crippen LogP contribution is -2.21. The summed E-state index contributed by atoms with van der Waals surface area (Å²) >= 11 is 0. The van der Waals surface area contributed by atoms with E-state index in [1.54, 1.807) is 13.8 Å². The maximum Gasteiger partial charge on any atom is 0.416 e. The number of hydrogen-bond acceptors (Lipinski definition) is 3. The van der Waals surface area contributed by atoms with Gasteiger partial charge in [-0.15, -0.1) is 0 Å². The van der Waals surface area contributed by atoms with Gasteiger partial charge in [0.25, 0.3) is 0 Å². The van der Waals surface area contributed by atoms with Crippen LogP contribution >= 0.6 is 0 Å². The molecule has 19 heavy (non-hydrogen) atoms. The topological polar surface area (TPSA) is 38.3 Å². The number of benzene rings is 1. The number of hydrogen-bond donors (Lipinski definition) is 1. The molecule has 0 spiro atoms. The summed E-state index contributed by atoms with van der Waals surface area (Å²) in [5.74, 6) is -0.339. The second-order valence-corrected chi connectivity index (χ2v) is 4.13. The van der Waals surface area contributed by atoms with E-state index in [2.05, 4.69) is 5.32 Å². The lowest BCUT2D eigenvalue weighted by Gasteiger charge is -2.15. The summed E-state index contributed by atoms with van der Waals surface area (Å²) in [7, 11) is 0. The molecule has 0 aliphatic heterocycles. The molecule has 0 saturated carbocycles. The molecule has 106 valence electrons. The van der Waals surface area contributed by atoms with Crippen LogP contribution in [0.2, 0.25) is 0 Å². The largest absolute Gasteiger partial charge is 0.466 e. The van der Waals surface area contributed by atoms with Gasteiger partial charge in [-0.25, -0.2) is 0 Å². The van der Waals surface area contributed by atoms with Crippen LogP contribution in [-0.2, 0) is 15.7 Å². The highest BCUT2D eigenvalue weighted by Crippen LogP contribution is 2.29. The zero-order chi connectivity index (χ0) is 14.5. The minimum Gasteiger partial charge on any atom is -0.466 e. The van der Waals surface area contributed by atoms with Gasteiger partial charge in [0, 0.05) is 11.7 Å². The van der Waals surface area contributed by atoms with E-state index >= 15 is 0 Å². The van der Waals surface area contributed by atoms with Crippen LogP contribution in [0.3, 0.4) is 0 Å². The van der Waals surface area contributed by atoms with E-state index in [0.717, 1.165) is 12.1 Å². The number of rotatable bonds is 5. The third-order valence-corrected chi connectivity index (χ3v) is 2.40. The molecule has 1 rings (SSSR count). The summed E-state index contributed by atoms with van der Waals surface area (Å²) < 4.78 is 41.9. The molecule has 1 aromatic carbocycles. The van der Waals surface area contributed by atoms with Crippen LogP contribution in [0.5, 0.6) is 0 Å². The SMILES string of the molecule is CCOC(=O)CC(C)Nc1ccc(C(F)(F)F)cc1. The zero-order valence-electron chi connectivity index (χ0n) is 10.8. The standard InChI is InChI=1S/C13H16F3NO2/c1-3-19-12(18)8-9(2)17-11-6-4-10(5-7-11)13(14,15)16/h4-7,9,17H,3,8H2,1-2H3. The number of esters is 1. The van der Waals surface area contributed by atoms with Crippen molar-refractivity contribution in [2.75, 3.05) is 11.9 Å². The molecule has 0 aromatic heterocycles. The van der Waals surface area contributed by atoms with Gasteiger partial charge in [0.1, 0.15) is 0 Å². The minimum absolute atomic E-state index is 0.162. The summed E-state index contributed by atoms with van der Waals surface area (Å²) in [4.78, 5) is 11.2. The van der Waals surface area contributed by atoms with Crippen LogP contribution in [-0.4, -0.2) is 18.6 Å². The fourth-order valence-electron chi connectivity index (χ4n) is 1.56. The lowest BCUT2D eigenvalue weighted by atomic mass is 10.1. The van der Waals surface area contributed by atoms with Gasteiger partial charge in [0.2, 0.25) is 0 Å². The summed E-state index contributed by atoms with van der Waals surface area (Å²) in [6.45, 7) is 3.78. The van der Waals surface area contributed by atoms with Gasteiger partial charge in [-0.1, -0.05) is 0 Å². The van der Waals surface area contributed by atoms with Gasteiger partial charge >= 0.3 is 12.1 Å². The highest BCUT2D eigenvalue weighted by Gasteiger charge is 2.29. The third-order valence-electron chi connectivity index (χ3n) is 2.40. The summed E-state index contributed by atoms with van der Waals surface area (Å²) in [5, 5.41) is 2.94. The molecular weight excluding hydrogens is 259 g/mol. The lowest BCUT2D eigenvalue weighted by molar-refractivity contribution is -0.143. The molecule has 1 unspecified atom stereocenters. The van der Waals surface area contributed by atoms with Crippen molar-refractivity contribution in [3.63, 3.8) is 0 Å². The molecule has 0 fully saturated rings. The van der Waals surface area contributed by atoms with Crippen LogP contribution in [0.1, 0.15) is 25.8 Å². The van der Waals surface area contributed by atoms with Gasteiger partial charge in [-0.2, -0.15) is 13.2 Å². The Bertz CT molecular complexity index is 415. The third kappa shape index (κ3) is 5.19. The van der Waals surface area contributed by atoms with Gasteiger partial charge in [-0.3, -0.25) is 4.79 Å². The Labute approximate surface area is 109 Å². The quantitative estimate of drug-likeness (QED) is 0.836. The van der Waals surface area contributed by atoms with Crippen molar-refractivity contribution in [1.82, 2.24) is 0 Å². The van der Waals surface area contributed by atoms with Gasteiger partial charge in [0.05, 0.1) is 18.6 Å². The van der Waals surface area contributed by atoms with E-state index in [9.17, 15) is 18.0 Å². The van der Waals surface area contributed by atoms with E-state index in [1.807, 2.05) is 0 Å². The van der Waals surface area contributed by atoms with E-state index in [4.69, 9.17) is 4.74 Å². The van der Waals surface area contributed by atoms with Crippen LogP contribution in [0, 0.1) is 0 Å². The van der Waals surface area contributed by atoms with Crippen LogP contribution in [0.4, 0.5) is 18.9 Å². The van der Waals surface area contributed by atoms with Gasteiger partial charge in [0.15, 0.2) is 0 Å². The number of ether oxygens (including phenoxy) is 1. The van der Waals surface area contributed by atoms with Gasteiger partial charge < -0.3 is 10.1 Å².